The largest absolute Gasteiger partial charge is 0.291 e. The molecule has 13 rings (SSSR count). The van der Waals surface area contributed by atoms with Crippen molar-refractivity contribution in [3.05, 3.63) is 194 Å². The van der Waals surface area contributed by atoms with Crippen LogP contribution in [-0.4, -0.2) is 9.38 Å². The van der Waals surface area contributed by atoms with Gasteiger partial charge in [-0.25, -0.2) is 4.98 Å². The first-order valence-electron chi connectivity index (χ1n) is 20.0. The molecule has 9 aromatic carbocycles. The van der Waals surface area contributed by atoms with E-state index in [9.17, 15) is 0 Å². The molecule has 0 aliphatic heterocycles. The minimum atomic E-state index is 1.01. The van der Waals surface area contributed by atoms with Crippen LogP contribution in [0.3, 0.4) is 0 Å². The van der Waals surface area contributed by atoms with Crippen molar-refractivity contribution in [2.75, 3.05) is 0 Å². The van der Waals surface area contributed by atoms with Crippen molar-refractivity contribution in [3.8, 4) is 44.6 Å². The van der Waals surface area contributed by atoms with Crippen molar-refractivity contribution in [1.29, 1.82) is 0 Å². The first-order chi connectivity index (χ1) is 29.2. The lowest BCUT2D eigenvalue weighted by molar-refractivity contribution is 1.25. The monoisotopic (exact) mass is 784 g/mol. The van der Waals surface area contributed by atoms with Crippen LogP contribution >= 0.6 is 22.7 Å². The number of aromatic nitrogens is 2. The Kier molecular flexibility index (Phi) is 7.08. The van der Waals surface area contributed by atoms with Crippen LogP contribution in [0.15, 0.2) is 194 Å². The second-order valence-electron chi connectivity index (χ2n) is 15.5. The Hall–Kier alpha value is -7.11. The summed E-state index contributed by atoms with van der Waals surface area (Å²) in [4.78, 5) is 5.24. The van der Waals surface area contributed by atoms with Crippen molar-refractivity contribution < 1.29 is 0 Å². The first-order valence-corrected chi connectivity index (χ1v) is 21.7. The molecule has 0 atom stereocenters. The van der Waals surface area contributed by atoms with Gasteiger partial charge in [0.15, 0.2) is 5.65 Å². The lowest BCUT2D eigenvalue weighted by Crippen LogP contribution is -1.93. The zero-order valence-corrected chi connectivity index (χ0v) is 33.3. The highest BCUT2D eigenvalue weighted by Gasteiger charge is 2.19. The molecule has 0 aliphatic rings. The molecule has 0 bridgehead atoms. The van der Waals surface area contributed by atoms with Crippen molar-refractivity contribution >= 4 is 101 Å². The average molecular weight is 785 g/mol. The molecule has 4 aromatic heterocycles. The summed E-state index contributed by atoms with van der Waals surface area (Å²) in [5.74, 6) is 0. The fourth-order valence-electron chi connectivity index (χ4n) is 9.32. The zero-order chi connectivity index (χ0) is 38.6. The van der Waals surface area contributed by atoms with E-state index in [1.807, 2.05) is 22.7 Å². The Morgan fingerprint density at radius 3 is 1.69 bits per heavy atom. The number of fused-ring (bicyclic) bond motifs is 12. The fraction of sp³-hybridized carbons (Fsp3) is 0. The fourth-order valence-corrected chi connectivity index (χ4v) is 11.7. The molecule has 0 radical (unpaired) electrons. The molecule has 4 heteroatoms. The van der Waals surface area contributed by atoms with E-state index in [0.717, 1.165) is 27.9 Å². The van der Waals surface area contributed by atoms with Gasteiger partial charge in [-0.1, -0.05) is 152 Å². The van der Waals surface area contributed by atoms with E-state index in [1.165, 1.54) is 95.3 Å². The van der Waals surface area contributed by atoms with Gasteiger partial charge >= 0.3 is 0 Å². The van der Waals surface area contributed by atoms with Crippen LogP contribution in [0.1, 0.15) is 0 Å². The molecule has 274 valence electrons. The van der Waals surface area contributed by atoms with Gasteiger partial charge in [-0.05, 0) is 103 Å². The van der Waals surface area contributed by atoms with Crippen molar-refractivity contribution in [3.63, 3.8) is 0 Å². The van der Waals surface area contributed by atoms with Crippen LogP contribution in [0.2, 0.25) is 0 Å². The minimum Gasteiger partial charge on any atom is -0.291 e. The lowest BCUT2D eigenvalue weighted by atomic mass is 9.91. The number of thiophene rings is 2. The zero-order valence-electron chi connectivity index (χ0n) is 31.7. The predicted molar refractivity (Wildman–Crippen MR) is 255 cm³/mol. The molecule has 4 heterocycles. The quantitative estimate of drug-likeness (QED) is 0.174. The summed E-state index contributed by atoms with van der Waals surface area (Å²) in [5, 5.41) is 10.2. The maximum atomic E-state index is 5.24. The summed E-state index contributed by atoms with van der Waals surface area (Å²) < 4.78 is 7.54. The summed E-state index contributed by atoms with van der Waals surface area (Å²) in [6.07, 6.45) is 0. The van der Waals surface area contributed by atoms with Crippen molar-refractivity contribution in [2.24, 2.45) is 0 Å². The molecule has 0 amide bonds. The highest BCUT2D eigenvalue weighted by molar-refractivity contribution is 7.26. The van der Waals surface area contributed by atoms with Gasteiger partial charge in [-0.15, -0.1) is 22.7 Å². The van der Waals surface area contributed by atoms with E-state index in [2.05, 4.69) is 199 Å². The Morgan fingerprint density at radius 1 is 0.356 bits per heavy atom. The molecule has 0 aliphatic carbocycles. The minimum absolute atomic E-state index is 1.01. The van der Waals surface area contributed by atoms with E-state index in [0.29, 0.717) is 0 Å². The van der Waals surface area contributed by atoms with Crippen LogP contribution in [-0.2, 0) is 0 Å². The van der Waals surface area contributed by atoms with Crippen LogP contribution in [0.4, 0.5) is 0 Å². The van der Waals surface area contributed by atoms with Gasteiger partial charge in [0.1, 0.15) is 0 Å². The Labute approximate surface area is 347 Å². The molecule has 0 spiro atoms. The summed E-state index contributed by atoms with van der Waals surface area (Å²) in [5.41, 5.74) is 12.8. The number of rotatable bonds is 4. The Morgan fingerprint density at radius 2 is 0.932 bits per heavy atom. The number of imidazole rings is 1. The number of hydrogen-bond donors (Lipinski definition) is 0. The Balaban J connectivity index is 0.892. The van der Waals surface area contributed by atoms with E-state index >= 15 is 0 Å². The first kappa shape index (κ1) is 32.9. The van der Waals surface area contributed by atoms with Crippen molar-refractivity contribution in [2.45, 2.75) is 0 Å². The highest BCUT2D eigenvalue weighted by Crippen LogP contribution is 2.43. The lowest BCUT2D eigenvalue weighted by Gasteiger charge is -2.14. The standard InChI is InChI=1S/C55H32N2S2/c1-2-10-38-30-53-46(29-37(38)9-1)47-32-50(57-49-15-7-6-14-48(49)56-55(57)54(47)59-53)36-23-21-35(22-24-36)41-28-27-40(42-11-3-4-12-43(41)42)34-19-17-33(18-20-34)39-25-26-45-44-13-5-8-16-51(44)58-52(45)31-39/h1-32H. The van der Waals surface area contributed by atoms with Crippen LogP contribution in [0, 0.1) is 0 Å². The van der Waals surface area contributed by atoms with E-state index < -0.39 is 0 Å². The SMILES string of the molecule is c1ccc2cc3c(cc2c1)sc1c3cc(-c2ccc(-c3ccc(-c4ccc(-c5ccc6c(c5)sc5ccccc56)cc4)c4ccccc34)cc2)n2c3ccccc3nc12. The van der Waals surface area contributed by atoms with E-state index in [1.54, 1.807) is 0 Å². The molecule has 0 saturated heterocycles. The van der Waals surface area contributed by atoms with Gasteiger partial charge in [-0.2, -0.15) is 0 Å². The summed E-state index contributed by atoms with van der Waals surface area (Å²) >= 11 is 3.71. The third-order valence-corrected chi connectivity index (χ3v) is 14.5. The second-order valence-corrected chi connectivity index (χ2v) is 17.6. The topological polar surface area (TPSA) is 17.3 Å². The molecule has 13 aromatic rings. The number of nitrogens with zero attached hydrogens (tertiary/aromatic N) is 2. The third-order valence-electron chi connectivity index (χ3n) is 12.2. The smallest absolute Gasteiger partial charge is 0.156 e. The van der Waals surface area contributed by atoms with E-state index in [4.69, 9.17) is 4.98 Å². The maximum absolute atomic E-state index is 5.24. The number of benzene rings is 9. The van der Waals surface area contributed by atoms with Crippen LogP contribution in [0.25, 0.3) is 123 Å². The number of pyridine rings is 1. The normalized spacial score (nSPS) is 12.1. The summed E-state index contributed by atoms with van der Waals surface area (Å²) in [6.45, 7) is 0. The third kappa shape index (κ3) is 5.07. The van der Waals surface area contributed by atoms with Gasteiger partial charge in [0.05, 0.1) is 21.4 Å². The second kappa shape index (κ2) is 12.7. The van der Waals surface area contributed by atoms with Crippen molar-refractivity contribution in [1.82, 2.24) is 9.38 Å². The predicted octanol–water partition coefficient (Wildman–Crippen LogP) is 16.2. The van der Waals surface area contributed by atoms with Crippen LogP contribution < -0.4 is 0 Å². The molecule has 0 N–H and O–H groups in total. The summed E-state index contributed by atoms with van der Waals surface area (Å²) in [7, 11) is 0. The van der Waals surface area contributed by atoms with Gasteiger partial charge in [0, 0.05) is 35.6 Å². The van der Waals surface area contributed by atoms with E-state index in [-0.39, 0.29) is 0 Å². The molecular weight excluding hydrogens is 753 g/mol. The van der Waals surface area contributed by atoms with Gasteiger partial charge in [0.25, 0.3) is 0 Å². The molecule has 2 nitrogen and oxygen atoms in total. The molecule has 0 saturated carbocycles. The Bertz CT molecular complexity index is 3830. The highest BCUT2D eigenvalue weighted by atomic mass is 32.1. The molecule has 0 fully saturated rings. The van der Waals surface area contributed by atoms with Gasteiger partial charge in [0.2, 0.25) is 0 Å². The summed E-state index contributed by atoms with van der Waals surface area (Å²) in [6, 6.07) is 71.5. The number of para-hydroxylation sites is 2. The molecular formula is C55H32N2S2. The average Bonchev–Trinajstić information content (AvgIpc) is 3.99. The molecule has 59 heavy (non-hydrogen) atoms. The van der Waals surface area contributed by atoms with Crippen LogP contribution in [0.5, 0.6) is 0 Å². The molecule has 0 unspecified atom stereocenters. The van der Waals surface area contributed by atoms with Gasteiger partial charge in [-0.3, -0.25) is 4.40 Å². The van der Waals surface area contributed by atoms with Gasteiger partial charge < -0.3 is 0 Å². The maximum Gasteiger partial charge on any atom is 0.156 e. The number of hydrogen-bond acceptors (Lipinski definition) is 3.